The standard InChI is InChI=1S/C21H19N/c1-2-22-10-9-14-7-8-16-12-17-11-15-5-3-4-6-18(15)19(17)13-20(16)21(14)22/h3-8,12-13H,2,9-11H2,1H3. The third kappa shape index (κ3) is 1.54. The monoisotopic (exact) mass is 285 g/mol. The molecule has 108 valence electrons. The molecule has 1 heteroatoms. The second-order valence-corrected chi connectivity index (χ2v) is 6.47. The lowest BCUT2D eigenvalue weighted by Gasteiger charge is -2.19. The molecular weight excluding hydrogens is 266 g/mol. The van der Waals surface area contributed by atoms with Crippen LogP contribution in [0.25, 0.3) is 21.9 Å². The molecule has 5 rings (SSSR count). The van der Waals surface area contributed by atoms with Gasteiger partial charge in [0.2, 0.25) is 0 Å². The van der Waals surface area contributed by atoms with Crippen molar-refractivity contribution in [2.24, 2.45) is 0 Å². The zero-order chi connectivity index (χ0) is 14.7. The molecule has 0 aromatic heterocycles. The zero-order valence-corrected chi connectivity index (χ0v) is 12.9. The van der Waals surface area contributed by atoms with E-state index >= 15 is 0 Å². The van der Waals surface area contributed by atoms with Gasteiger partial charge in [0, 0.05) is 24.2 Å². The fraction of sp³-hybridized carbons (Fsp3) is 0.238. The fourth-order valence-electron chi connectivity index (χ4n) is 4.25. The van der Waals surface area contributed by atoms with Crippen molar-refractivity contribution in [3.8, 4) is 11.1 Å². The molecule has 0 bridgehead atoms. The van der Waals surface area contributed by atoms with E-state index in [9.17, 15) is 0 Å². The molecule has 3 aromatic carbocycles. The average Bonchev–Trinajstić information content (AvgIpc) is 3.13. The first kappa shape index (κ1) is 12.3. The highest BCUT2D eigenvalue weighted by atomic mass is 15.1. The number of benzene rings is 3. The first-order valence-electron chi connectivity index (χ1n) is 8.27. The van der Waals surface area contributed by atoms with Gasteiger partial charge >= 0.3 is 0 Å². The Bertz CT molecular complexity index is 907. The molecule has 1 aliphatic carbocycles. The number of likely N-dealkylation sites (N-methyl/N-ethyl adjacent to an activating group) is 1. The van der Waals surface area contributed by atoms with Gasteiger partial charge in [-0.3, -0.25) is 0 Å². The fourth-order valence-corrected chi connectivity index (χ4v) is 4.25. The van der Waals surface area contributed by atoms with Crippen molar-refractivity contribution in [1.29, 1.82) is 0 Å². The van der Waals surface area contributed by atoms with Crippen LogP contribution in [0, 0.1) is 0 Å². The summed E-state index contributed by atoms with van der Waals surface area (Å²) in [6.07, 6.45) is 2.27. The first-order chi connectivity index (χ1) is 10.8. The number of rotatable bonds is 1. The Kier molecular flexibility index (Phi) is 2.43. The van der Waals surface area contributed by atoms with E-state index < -0.39 is 0 Å². The Morgan fingerprint density at radius 1 is 0.909 bits per heavy atom. The Morgan fingerprint density at radius 3 is 2.73 bits per heavy atom. The molecule has 0 saturated heterocycles. The predicted octanol–water partition coefficient (Wildman–Crippen LogP) is 4.79. The molecule has 3 aromatic rings. The van der Waals surface area contributed by atoms with Gasteiger partial charge in [-0.2, -0.15) is 0 Å². The van der Waals surface area contributed by atoms with E-state index in [0.717, 1.165) is 13.0 Å². The quantitative estimate of drug-likeness (QED) is 0.486. The summed E-state index contributed by atoms with van der Waals surface area (Å²) in [6.45, 7) is 4.52. The molecule has 0 fully saturated rings. The minimum atomic E-state index is 1.08. The molecule has 2 aliphatic rings. The molecule has 0 saturated carbocycles. The van der Waals surface area contributed by atoms with Crippen LogP contribution in [0.1, 0.15) is 23.6 Å². The third-order valence-electron chi connectivity index (χ3n) is 5.34. The van der Waals surface area contributed by atoms with Crippen molar-refractivity contribution in [3.63, 3.8) is 0 Å². The largest absolute Gasteiger partial charge is 0.371 e. The van der Waals surface area contributed by atoms with Crippen LogP contribution < -0.4 is 4.90 Å². The summed E-state index contributed by atoms with van der Waals surface area (Å²) < 4.78 is 0. The minimum Gasteiger partial charge on any atom is -0.371 e. The van der Waals surface area contributed by atoms with Crippen LogP contribution >= 0.6 is 0 Å². The van der Waals surface area contributed by atoms with Crippen LogP contribution in [0.4, 0.5) is 5.69 Å². The second kappa shape index (κ2) is 4.36. The Labute approximate surface area is 131 Å². The van der Waals surface area contributed by atoms with Crippen molar-refractivity contribution in [3.05, 3.63) is 65.2 Å². The molecule has 0 atom stereocenters. The number of fused-ring (bicyclic) bond motifs is 6. The van der Waals surface area contributed by atoms with Gasteiger partial charge in [-0.15, -0.1) is 0 Å². The van der Waals surface area contributed by atoms with Crippen LogP contribution in [-0.4, -0.2) is 13.1 Å². The van der Waals surface area contributed by atoms with Crippen molar-refractivity contribution in [2.75, 3.05) is 18.0 Å². The summed E-state index contributed by atoms with van der Waals surface area (Å²) in [5.41, 5.74) is 8.82. The zero-order valence-electron chi connectivity index (χ0n) is 12.9. The van der Waals surface area contributed by atoms with Crippen molar-refractivity contribution >= 4 is 16.5 Å². The summed E-state index contributed by atoms with van der Waals surface area (Å²) in [4.78, 5) is 2.53. The van der Waals surface area contributed by atoms with Crippen molar-refractivity contribution in [2.45, 2.75) is 19.8 Å². The van der Waals surface area contributed by atoms with Gasteiger partial charge in [0.1, 0.15) is 0 Å². The number of hydrogen-bond donors (Lipinski definition) is 0. The molecule has 1 aliphatic heterocycles. The molecule has 0 amide bonds. The lowest BCUT2D eigenvalue weighted by Crippen LogP contribution is -2.19. The summed E-state index contributed by atoms with van der Waals surface area (Å²) >= 11 is 0. The average molecular weight is 285 g/mol. The van der Waals surface area contributed by atoms with Crippen LogP contribution in [0.2, 0.25) is 0 Å². The van der Waals surface area contributed by atoms with Crippen molar-refractivity contribution < 1.29 is 0 Å². The predicted molar refractivity (Wildman–Crippen MR) is 93.8 cm³/mol. The maximum Gasteiger partial charge on any atom is 0.0479 e. The molecule has 22 heavy (non-hydrogen) atoms. The van der Waals surface area contributed by atoms with Gasteiger partial charge in [-0.25, -0.2) is 0 Å². The molecule has 0 spiro atoms. The molecule has 0 radical (unpaired) electrons. The Hall–Kier alpha value is -2.28. The Balaban J connectivity index is 1.82. The first-order valence-corrected chi connectivity index (χ1v) is 8.27. The highest BCUT2D eigenvalue weighted by Crippen LogP contribution is 2.43. The van der Waals surface area contributed by atoms with E-state index in [2.05, 4.69) is 60.4 Å². The topological polar surface area (TPSA) is 3.24 Å². The van der Waals surface area contributed by atoms with E-state index in [-0.39, 0.29) is 0 Å². The van der Waals surface area contributed by atoms with E-state index in [0.29, 0.717) is 0 Å². The summed E-state index contributed by atoms with van der Waals surface area (Å²) in [5.74, 6) is 0. The van der Waals surface area contributed by atoms with Crippen LogP contribution in [0.15, 0.2) is 48.5 Å². The molecule has 1 heterocycles. The minimum absolute atomic E-state index is 1.08. The number of anilines is 1. The molecule has 0 unspecified atom stereocenters. The maximum atomic E-state index is 2.53. The van der Waals surface area contributed by atoms with Gasteiger partial charge < -0.3 is 4.90 Å². The maximum absolute atomic E-state index is 2.53. The number of hydrogen-bond acceptors (Lipinski definition) is 1. The van der Waals surface area contributed by atoms with Crippen LogP contribution in [0.5, 0.6) is 0 Å². The van der Waals surface area contributed by atoms with Gasteiger partial charge in [0.05, 0.1) is 0 Å². The summed E-state index contributed by atoms with van der Waals surface area (Å²) in [5, 5.41) is 2.83. The van der Waals surface area contributed by atoms with Crippen molar-refractivity contribution in [1.82, 2.24) is 0 Å². The lowest BCUT2D eigenvalue weighted by atomic mass is 9.97. The lowest BCUT2D eigenvalue weighted by molar-refractivity contribution is 0.870. The van der Waals surface area contributed by atoms with Gasteiger partial charge in [-0.1, -0.05) is 42.5 Å². The van der Waals surface area contributed by atoms with E-state index in [1.807, 2.05) is 0 Å². The highest BCUT2D eigenvalue weighted by Gasteiger charge is 2.23. The number of nitrogens with zero attached hydrogens (tertiary/aromatic N) is 1. The van der Waals surface area contributed by atoms with Crippen LogP contribution in [-0.2, 0) is 12.8 Å². The normalized spacial score (nSPS) is 15.0. The highest BCUT2D eigenvalue weighted by molar-refractivity contribution is 6.01. The smallest absolute Gasteiger partial charge is 0.0479 e. The van der Waals surface area contributed by atoms with Gasteiger partial charge in [0.15, 0.2) is 0 Å². The van der Waals surface area contributed by atoms with Crippen LogP contribution in [0.3, 0.4) is 0 Å². The summed E-state index contributed by atoms with van der Waals surface area (Å²) in [6, 6.07) is 18.4. The molecule has 0 N–H and O–H groups in total. The van der Waals surface area contributed by atoms with Gasteiger partial charge in [-0.05, 0) is 59.0 Å². The molecule has 1 nitrogen and oxygen atoms in total. The SMILES string of the molecule is CCN1CCc2ccc3cc4c(cc3c21)-c1ccccc1C4. The second-order valence-electron chi connectivity index (χ2n) is 6.47. The Morgan fingerprint density at radius 2 is 1.82 bits per heavy atom. The van der Waals surface area contributed by atoms with E-state index in [4.69, 9.17) is 0 Å². The van der Waals surface area contributed by atoms with E-state index in [1.165, 1.54) is 57.2 Å². The van der Waals surface area contributed by atoms with Gasteiger partial charge in [0.25, 0.3) is 0 Å². The third-order valence-corrected chi connectivity index (χ3v) is 5.34. The molecular formula is C21H19N. The summed E-state index contributed by atoms with van der Waals surface area (Å²) in [7, 11) is 0. The van der Waals surface area contributed by atoms with E-state index in [1.54, 1.807) is 0 Å².